The highest BCUT2D eigenvalue weighted by molar-refractivity contribution is 6.78. The molecule has 5 atom stereocenters. The molecule has 0 radical (unpaired) electrons. The summed E-state index contributed by atoms with van der Waals surface area (Å²) >= 11 is 6.14. The second kappa shape index (κ2) is 4.14. The van der Waals surface area contributed by atoms with E-state index in [1.807, 2.05) is 6.07 Å². The topological polar surface area (TPSA) is 61.8 Å². The second-order valence-electron chi connectivity index (χ2n) is 8.36. The summed E-state index contributed by atoms with van der Waals surface area (Å²) in [5.41, 5.74) is 2.08. The van der Waals surface area contributed by atoms with Gasteiger partial charge in [-0.15, -0.1) is 0 Å². The Morgan fingerprint density at radius 2 is 1.62 bits per heavy atom. The monoisotopic (exact) mass is 362 g/mol. The van der Waals surface area contributed by atoms with Crippen LogP contribution >= 0.6 is 11.6 Å². The summed E-state index contributed by atoms with van der Waals surface area (Å²) in [6, 6.07) is 3.54. The quantitative estimate of drug-likeness (QED) is 0.574. The van der Waals surface area contributed by atoms with Crippen molar-refractivity contribution in [3.63, 3.8) is 0 Å². The van der Waals surface area contributed by atoms with Gasteiger partial charge in [0.1, 0.15) is 11.2 Å². The third-order valence-electron chi connectivity index (χ3n) is 6.11. The number of halogens is 1. The summed E-state index contributed by atoms with van der Waals surface area (Å²) in [4.78, 5) is 30.0. The van der Waals surface area contributed by atoms with E-state index in [1.165, 1.54) is 4.57 Å². The third-order valence-corrected chi connectivity index (χ3v) is 9.09. The molecule has 2 aliphatic carbocycles. The number of nitrogens with zero attached hydrogens (tertiary/aromatic N) is 4. The molecule has 0 aromatic carbocycles. The van der Waals surface area contributed by atoms with Crippen LogP contribution in [0.5, 0.6) is 0 Å². The van der Waals surface area contributed by atoms with Crippen LogP contribution in [0.1, 0.15) is 23.3 Å². The summed E-state index contributed by atoms with van der Waals surface area (Å²) in [6.07, 6.45) is 0. The maximum absolute atomic E-state index is 12.7. The first kappa shape index (κ1) is 14.7. The first-order valence-electron chi connectivity index (χ1n) is 8.30. The van der Waals surface area contributed by atoms with Gasteiger partial charge in [-0.25, -0.2) is 28.5 Å². The van der Waals surface area contributed by atoms with Gasteiger partial charge in [0.25, 0.3) is 0 Å². The van der Waals surface area contributed by atoms with E-state index in [0.29, 0.717) is 22.5 Å². The average Bonchev–Trinajstić information content (AvgIpc) is 3.23. The summed E-state index contributed by atoms with van der Waals surface area (Å²) < 4.78 is 4.55. The molecule has 4 heterocycles. The van der Waals surface area contributed by atoms with Crippen molar-refractivity contribution < 1.29 is 0 Å². The van der Waals surface area contributed by atoms with Gasteiger partial charge in [-0.2, -0.15) is 0 Å². The van der Waals surface area contributed by atoms with Gasteiger partial charge in [0, 0.05) is 20.7 Å². The molecular formula is C16H19ClN4O2Si. The standard InChI is InChI=1S/C16H19ClN4O2Si/c1-19-15(22)20-12-7-5-6-8(17)18-11(7)13(21(20)16(19)23)10-9(12)14(10)24(2,3)4/h5-6,9-10,12-14H,1-4H3. The fourth-order valence-electron chi connectivity index (χ4n) is 5.32. The predicted octanol–water partition coefficient (Wildman–Crippen LogP) is 1.86. The van der Waals surface area contributed by atoms with Crippen LogP contribution in [0.4, 0.5) is 0 Å². The molecule has 24 heavy (non-hydrogen) atoms. The fraction of sp³-hybridized carbons (Fsp3) is 0.562. The Morgan fingerprint density at radius 1 is 1.04 bits per heavy atom. The molecule has 8 heteroatoms. The molecule has 0 spiro atoms. The molecule has 2 aromatic rings. The third kappa shape index (κ3) is 1.51. The summed E-state index contributed by atoms with van der Waals surface area (Å²) in [5.74, 6) is 0.844. The van der Waals surface area contributed by atoms with E-state index >= 15 is 0 Å². The van der Waals surface area contributed by atoms with Crippen molar-refractivity contribution >= 4 is 19.7 Å². The Kier molecular flexibility index (Phi) is 2.54. The fourth-order valence-corrected chi connectivity index (χ4v) is 8.48. The number of aromatic nitrogens is 4. The molecule has 2 aliphatic heterocycles. The smallest absolute Gasteiger partial charge is 0.246 e. The molecule has 5 unspecified atom stereocenters. The van der Waals surface area contributed by atoms with Gasteiger partial charge in [-0.1, -0.05) is 37.3 Å². The number of hydrogen-bond donors (Lipinski definition) is 0. The lowest BCUT2D eigenvalue weighted by molar-refractivity contribution is 0.218. The van der Waals surface area contributed by atoms with Gasteiger partial charge in [0.2, 0.25) is 0 Å². The molecule has 4 aliphatic rings. The molecule has 2 aromatic heterocycles. The summed E-state index contributed by atoms with van der Waals surface area (Å²) in [5, 5.41) is 0.445. The Morgan fingerprint density at radius 3 is 2.25 bits per heavy atom. The van der Waals surface area contributed by atoms with Crippen LogP contribution in [-0.4, -0.2) is 27.0 Å². The van der Waals surface area contributed by atoms with E-state index in [1.54, 1.807) is 22.5 Å². The zero-order chi connectivity index (χ0) is 17.1. The number of hydrogen-bond acceptors (Lipinski definition) is 3. The molecule has 1 saturated carbocycles. The van der Waals surface area contributed by atoms with E-state index in [4.69, 9.17) is 11.6 Å². The molecule has 6 nitrogen and oxygen atoms in total. The predicted molar refractivity (Wildman–Crippen MR) is 93.5 cm³/mol. The van der Waals surface area contributed by atoms with Gasteiger partial charge < -0.3 is 0 Å². The lowest BCUT2D eigenvalue weighted by Gasteiger charge is -2.38. The average molecular weight is 363 g/mol. The first-order valence-corrected chi connectivity index (χ1v) is 12.3. The zero-order valence-corrected chi connectivity index (χ0v) is 15.8. The van der Waals surface area contributed by atoms with Crippen LogP contribution in [0.15, 0.2) is 21.7 Å². The highest BCUT2D eigenvalue weighted by Gasteiger charge is 2.70. The van der Waals surface area contributed by atoms with Crippen molar-refractivity contribution in [3.8, 4) is 0 Å². The molecule has 2 bridgehead atoms. The minimum Gasteiger partial charge on any atom is -0.246 e. The maximum Gasteiger partial charge on any atom is 0.347 e. The summed E-state index contributed by atoms with van der Waals surface area (Å²) in [6.45, 7) is 7.12. The van der Waals surface area contributed by atoms with Crippen molar-refractivity contribution in [2.75, 3.05) is 0 Å². The molecule has 0 amide bonds. The molecule has 1 fully saturated rings. The van der Waals surface area contributed by atoms with Crippen LogP contribution in [0.2, 0.25) is 30.3 Å². The van der Waals surface area contributed by atoms with E-state index in [-0.39, 0.29) is 23.5 Å². The van der Waals surface area contributed by atoms with Crippen LogP contribution in [0, 0.1) is 11.8 Å². The first-order chi connectivity index (χ1) is 11.2. The Balaban J connectivity index is 1.84. The van der Waals surface area contributed by atoms with Crippen LogP contribution in [-0.2, 0) is 7.05 Å². The zero-order valence-electron chi connectivity index (χ0n) is 14.0. The maximum atomic E-state index is 12.7. The highest BCUT2D eigenvalue weighted by Crippen LogP contribution is 2.73. The largest absolute Gasteiger partial charge is 0.347 e. The highest BCUT2D eigenvalue weighted by atomic mass is 35.5. The van der Waals surface area contributed by atoms with Crippen LogP contribution in [0.25, 0.3) is 0 Å². The van der Waals surface area contributed by atoms with Gasteiger partial charge >= 0.3 is 11.4 Å². The number of pyridine rings is 1. The van der Waals surface area contributed by atoms with E-state index in [9.17, 15) is 9.59 Å². The second-order valence-corrected chi connectivity index (χ2v) is 14.1. The van der Waals surface area contributed by atoms with Gasteiger partial charge in [0.15, 0.2) is 0 Å². The minimum absolute atomic E-state index is 0.0853. The van der Waals surface area contributed by atoms with Crippen LogP contribution in [0.3, 0.4) is 0 Å². The number of rotatable bonds is 1. The van der Waals surface area contributed by atoms with Gasteiger partial charge in [-0.3, -0.25) is 0 Å². The van der Waals surface area contributed by atoms with Crippen LogP contribution < -0.4 is 11.4 Å². The van der Waals surface area contributed by atoms with Crippen molar-refractivity contribution in [1.82, 2.24) is 18.9 Å². The Bertz CT molecular complexity index is 1010. The van der Waals surface area contributed by atoms with E-state index in [0.717, 1.165) is 11.3 Å². The normalized spacial score (nSPS) is 32.3. The van der Waals surface area contributed by atoms with Crippen molar-refractivity contribution in [1.29, 1.82) is 0 Å². The van der Waals surface area contributed by atoms with Crippen molar-refractivity contribution in [2.45, 2.75) is 37.3 Å². The van der Waals surface area contributed by atoms with E-state index in [2.05, 4.69) is 24.6 Å². The molecular weight excluding hydrogens is 344 g/mol. The molecule has 0 saturated heterocycles. The van der Waals surface area contributed by atoms with E-state index < -0.39 is 8.07 Å². The Hall–Kier alpha value is -1.60. The Labute approximate surface area is 144 Å². The van der Waals surface area contributed by atoms with Gasteiger partial charge in [-0.05, 0) is 23.4 Å². The summed E-state index contributed by atoms with van der Waals surface area (Å²) in [7, 11) is 0.144. The van der Waals surface area contributed by atoms with Crippen molar-refractivity contribution in [3.05, 3.63) is 49.5 Å². The molecule has 0 N–H and O–H groups in total. The van der Waals surface area contributed by atoms with Gasteiger partial charge in [0.05, 0.1) is 11.7 Å². The molecule has 6 rings (SSSR count). The lowest BCUT2D eigenvalue weighted by Crippen LogP contribution is -2.45. The van der Waals surface area contributed by atoms with Crippen molar-refractivity contribution in [2.24, 2.45) is 18.9 Å². The molecule has 126 valence electrons. The SMILES string of the molecule is Cn1c(=O)n2n(c1=O)C1c3nc(Cl)ccc3C2C2C1C2[Si](C)(C)C. The lowest BCUT2D eigenvalue weighted by atomic mass is 9.86. The minimum atomic E-state index is -1.41.